The molecule has 2 aromatic carbocycles. The number of carbonyl (C=O) groups is 2. The normalized spacial score (nSPS) is 15.8. The summed E-state index contributed by atoms with van der Waals surface area (Å²) < 4.78 is 18.8. The number of nitrogens with one attached hydrogen (secondary N) is 1. The highest BCUT2D eigenvalue weighted by Crippen LogP contribution is 2.24. The van der Waals surface area contributed by atoms with E-state index >= 15 is 0 Å². The topological polar surface area (TPSA) is 58.6 Å². The first-order valence-corrected chi connectivity index (χ1v) is 10.6. The number of ether oxygens (including phenoxy) is 1. The number of anilines is 1. The molecular formula is C23H21FN2O3S. The molecule has 2 heterocycles. The van der Waals surface area contributed by atoms with Crippen LogP contribution in [0.2, 0.25) is 0 Å². The van der Waals surface area contributed by atoms with Crippen LogP contribution in [-0.4, -0.2) is 29.3 Å². The maximum absolute atomic E-state index is 13.0. The summed E-state index contributed by atoms with van der Waals surface area (Å²) in [6.45, 7) is 0.874. The summed E-state index contributed by atoms with van der Waals surface area (Å²) in [5.74, 6) is 0.00386. The number of thiophene rings is 1. The van der Waals surface area contributed by atoms with E-state index in [0.717, 1.165) is 12.0 Å². The van der Waals surface area contributed by atoms with Gasteiger partial charge in [-0.3, -0.25) is 9.59 Å². The number of benzene rings is 2. The van der Waals surface area contributed by atoms with E-state index in [2.05, 4.69) is 5.32 Å². The van der Waals surface area contributed by atoms with E-state index in [1.807, 2.05) is 11.4 Å². The number of amides is 2. The first-order valence-electron chi connectivity index (χ1n) is 9.73. The standard InChI is InChI=1S/C23H21FN2O3S/c24-17-10-8-16(9-11-17)15-29-19-5-1-4-18(14-19)25-22(27)20-6-2-12-26(20)23(28)21-7-3-13-30-21/h1,3-5,7-11,13-14,20H,2,6,12,15H2,(H,25,27)/t20-/m0/s1. The van der Waals surface area contributed by atoms with Crippen molar-refractivity contribution in [3.63, 3.8) is 0 Å². The third kappa shape index (κ3) is 4.68. The molecule has 0 unspecified atom stereocenters. The Labute approximate surface area is 178 Å². The fourth-order valence-corrected chi connectivity index (χ4v) is 4.14. The number of likely N-dealkylation sites (tertiary alicyclic amines) is 1. The largest absolute Gasteiger partial charge is 0.489 e. The summed E-state index contributed by atoms with van der Waals surface area (Å²) >= 11 is 1.38. The monoisotopic (exact) mass is 424 g/mol. The molecule has 3 aromatic rings. The Kier molecular flexibility index (Phi) is 6.09. The highest BCUT2D eigenvalue weighted by atomic mass is 32.1. The molecule has 0 bridgehead atoms. The minimum Gasteiger partial charge on any atom is -0.489 e. The lowest BCUT2D eigenvalue weighted by molar-refractivity contribution is -0.119. The Hall–Kier alpha value is -3.19. The maximum atomic E-state index is 13.0. The Balaban J connectivity index is 1.38. The molecule has 1 aliphatic heterocycles. The average Bonchev–Trinajstić information content (AvgIpc) is 3.45. The minimum atomic E-state index is -0.483. The third-order valence-electron chi connectivity index (χ3n) is 4.97. The zero-order chi connectivity index (χ0) is 20.9. The predicted octanol–water partition coefficient (Wildman–Crippen LogP) is 4.71. The van der Waals surface area contributed by atoms with Crippen LogP contribution in [0, 0.1) is 5.82 Å². The molecule has 0 radical (unpaired) electrons. The lowest BCUT2D eigenvalue weighted by Crippen LogP contribution is -2.42. The van der Waals surface area contributed by atoms with Gasteiger partial charge in [0.05, 0.1) is 4.88 Å². The van der Waals surface area contributed by atoms with E-state index < -0.39 is 6.04 Å². The third-order valence-corrected chi connectivity index (χ3v) is 5.83. The molecule has 1 aromatic heterocycles. The molecule has 154 valence electrons. The number of carbonyl (C=O) groups excluding carboxylic acids is 2. The van der Waals surface area contributed by atoms with Crippen LogP contribution < -0.4 is 10.1 Å². The van der Waals surface area contributed by atoms with E-state index in [1.54, 1.807) is 47.4 Å². The highest BCUT2D eigenvalue weighted by Gasteiger charge is 2.34. The van der Waals surface area contributed by atoms with Gasteiger partial charge in [-0.1, -0.05) is 24.3 Å². The van der Waals surface area contributed by atoms with Gasteiger partial charge in [0.2, 0.25) is 5.91 Å². The molecule has 0 aliphatic carbocycles. The highest BCUT2D eigenvalue weighted by molar-refractivity contribution is 7.12. The van der Waals surface area contributed by atoms with Crippen molar-refractivity contribution < 1.29 is 18.7 Å². The molecule has 1 fully saturated rings. The second kappa shape index (κ2) is 9.09. The quantitative estimate of drug-likeness (QED) is 0.624. The minimum absolute atomic E-state index is 0.0981. The van der Waals surface area contributed by atoms with Crippen LogP contribution in [0.5, 0.6) is 5.75 Å². The molecule has 1 aliphatic rings. The van der Waals surface area contributed by atoms with Crippen LogP contribution in [0.15, 0.2) is 66.0 Å². The van der Waals surface area contributed by atoms with Crippen LogP contribution in [-0.2, 0) is 11.4 Å². The second-order valence-corrected chi connectivity index (χ2v) is 8.01. The molecule has 1 saturated heterocycles. The van der Waals surface area contributed by atoms with Gasteiger partial charge in [0.15, 0.2) is 0 Å². The Morgan fingerprint density at radius 1 is 1.13 bits per heavy atom. The van der Waals surface area contributed by atoms with Gasteiger partial charge in [0, 0.05) is 18.3 Å². The number of hydrogen-bond acceptors (Lipinski definition) is 4. The molecule has 1 atom stereocenters. The van der Waals surface area contributed by atoms with Crippen molar-refractivity contribution in [1.29, 1.82) is 0 Å². The van der Waals surface area contributed by atoms with E-state index in [0.29, 0.717) is 35.9 Å². The van der Waals surface area contributed by atoms with Crippen LogP contribution in [0.25, 0.3) is 0 Å². The zero-order valence-electron chi connectivity index (χ0n) is 16.2. The number of hydrogen-bond donors (Lipinski definition) is 1. The Morgan fingerprint density at radius 3 is 2.73 bits per heavy atom. The predicted molar refractivity (Wildman–Crippen MR) is 114 cm³/mol. The molecule has 5 nitrogen and oxygen atoms in total. The van der Waals surface area contributed by atoms with Gasteiger partial charge < -0.3 is 15.0 Å². The number of halogens is 1. The maximum Gasteiger partial charge on any atom is 0.264 e. The second-order valence-electron chi connectivity index (χ2n) is 7.07. The van der Waals surface area contributed by atoms with Crippen LogP contribution in [0.3, 0.4) is 0 Å². The number of rotatable bonds is 6. The van der Waals surface area contributed by atoms with Gasteiger partial charge >= 0.3 is 0 Å². The summed E-state index contributed by atoms with van der Waals surface area (Å²) in [5.41, 5.74) is 1.45. The smallest absolute Gasteiger partial charge is 0.264 e. The number of nitrogens with zero attached hydrogens (tertiary/aromatic N) is 1. The molecule has 30 heavy (non-hydrogen) atoms. The van der Waals surface area contributed by atoms with E-state index in [-0.39, 0.29) is 17.6 Å². The molecule has 0 saturated carbocycles. The molecule has 1 N–H and O–H groups in total. The molecule has 4 rings (SSSR count). The summed E-state index contributed by atoms with van der Waals surface area (Å²) in [4.78, 5) is 27.8. The van der Waals surface area contributed by atoms with Gasteiger partial charge in [-0.2, -0.15) is 0 Å². The van der Waals surface area contributed by atoms with Crippen LogP contribution in [0.1, 0.15) is 28.1 Å². The van der Waals surface area contributed by atoms with Crippen molar-refractivity contribution in [2.45, 2.75) is 25.5 Å². The molecule has 0 spiro atoms. The lowest BCUT2D eigenvalue weighted by atomic mass is 10.2. The van der Waals surface area contributed by atoms with Crippen molar-refractivity contribution >= 4 is 28.8 Å². The van der Waals surface area contributed by atoms with E-state index in [1.165, 1.54) is 23.5 Å². The van der Waals surface area contributed by atoms with Crippen molar-refractivity contribution in [3.05, 3.63) is 82.3 Å². The first-order chi connectivity index (χ1) is 14.6. The van der Waals surface area contributed by atoms with Crippen molar-refractivity contribution in [3.8, 4) is 5.75 Å². The summed E-state index contributed by atoms with van der Waals surface area (Å²) in [6.07, 6.45) is 1.44. The van der Waals surface area contributed by atoms with Crippen LogP contribution in [0.4, 0.5) is 10.1 Å². The average molecular weight is 424 g/mol. The van der Waals surface area contributed by atoms with Gasteiger partial charge in [0.25, 0.3) is 5.91 Å². The fourth-order valence-electron chi connectivity index (χ4n) is 3.46. The summed E-state index contributed by atoms with van der Waals surface area (Å²) in [7, 11) is 0. The fraction of sp³-hybridized carbons (Fsp3) is 0.217. The Bertz CT molecular complexity index is 1020. The summed E-state index contributed by atoms with van der Waals surface area (Å²) in [6, 6.07) is 16.3. The van der Waals surface area contributed by atoms with Gasteiger partial charge in [-0.15, -0.1) is 11.3 Å². The molecular weight excluding hydrogens is 403 g/mol. The first kappa shape index (κ1) is 20.1. The Morgan fingerprint density at radius 2 is 1.97 bits per heavy atom. The summed E-state index contributed by atoms with van der Waals surface area (Å²) in [5, 5.41) is 4.76. The van der Waals surface area contributed by atoms with Gasteiger partial charge in [-0.25, -0.2) is 4.39 Å². The molecule has 7 heteroatoms. The molecule has 2 amide bonds. The van der Waals surface area contributed by atoms with Crippen molar-refractivity contribution in [2.75, 3.05) is 11.9 Å². The van der Waals surface area contributed by atoms with E-state index in [9.17, 15) is 14.0 Å². The van der Waals surface area contributed by atoms with Crippen molar-refractivity contribution in [2.24, 2.45) is 0 Å². The SMILES string of the molecule is O=C(Nc1cccc(OCc2ccc(F)cc2)c1)[C@@H]1CCCN1C(=O)c1cccs1. The van der Waals surface area contributed by atoms with Gasteiger partial charge in [-0.05, 0) is 54.1 Å². The zero-order valence-corrected chi connectivity index (χ0v) is 17.0. The lowest BCUT2D eigenvalue weighted by Gasteiger charge is -2.23. The van der Waals surface area contributed by atoms with Crippen molar-refractivity contribution in [1.82, 2.24) is 4.90 Å². The van der Waals surface area contributed by atoms with Crippen LogP contribution >= 0.6 is 11.3 Å². The van der Waals surface area contributed by atoms with E-state index in [4.69, 9.17) is 4.74 Å². The van der Waals surface area contributed by atoms with Gasteiger partial charge in [0.1, 0.15) is 24.2 Å².